The Bertz CT molecular complexity index is 1000. The number of nitrogens with zero attached hydrogens (tertiary/aromatic N) is 4. The van der Waals surface area contributed by atoms with Gasteiger partial charge in [0, 0.05) is 38.4 Å². The number of halogens is 2. The molecule has 0 radical (unpaired) electrons. The Labute approximate surface area is 172 Å². The fourth-order valence-electron chi connectivity index (χ4n) is 3.21. The Hall–Kier alpha value is -3.55. The SMILES string of the molecule is O=C(Cc1ccc(F)cc1)N1CCN(c2nccc(Oc3ccc(F)cc3)n2)CC1. The summed E-state index contributed by atoms with van der Waals surface area (Å²) in [7, 11) is 0. The molecule has 1 aliphatic rings. The van der Waals surface area contributed by atoms with Gasteiger partial charge in [0.05, 0.1) is 6.42 Å². The third-order valence-corrected chi connectivity index (χ3v) is 4.84. The number of anilines is 1. The highest BCUT2D eigenvalue weighted by molar-refractivity contribution is 5.79. The normalized spacial score (nSPS) is 13.9. The zero-order valence-electron chi connectivity index (χ0n) is 16.2. The van der Waals surface area contributed by atoms with Crippen LogP contribution in [-0.2, 0) is 11.2 Å². The van der Waals surface area contributed by atoms with Crippen molar-refractivity contribution in [2.45, 2.75) is 6.42 Å². The zero-order valence-corrected chi connectivity index (χ0v) is 16.2. The topological polar surface area (TPSA) is 58.6 Å². The first-order valence-electron chi connectivity index (χ1n) is 9.60. The molecule has 1 saturated heterocycles. The standard InChI is InChI=1S/C22H20F2N4O2/c23-17-3-1-16(2-4-17)15-21(29)27-11-13-28(14-12-27)22-25-10-9-20(26-22)30-19-7-5-18(24)6-8-19/h1-10H,11-15H2. The van der Waals surface area contributed by atoms with E-state index in [0.717, 1.165) is 5.56 Å². The summed E-state index contributed by atoms with van der Waals surface area (Å²) in [6.07, 6.45) is 1.85. The highest BCUT2D eigenvalue weighted by atomic mass is 19.1. The Morgan fingerprint density at radius 3 is 2.20 bits per heavy atom. The minimum Gasteiger partial charge on any atom is -0.439 e. The Kier molecular flexibility index (Phi) is 5.83. The number of aromatic nitrogens is 2. The molecule has 2 heterocycles. The molecular weight excluding hydrogens is 390 g/mol. The van der Waals surface area contributed by atoms with E-state index in [-0.39, 0.29) is 24.0 Å². The van der Waals surface area contributed by atoms with Gasteiger partial charge in [-0.25, -0.2) is 13.8 Å². The van der Waals surface area contributed by atoms with Gasteiger partial charge in [-0.2, -0.15) is 4.98 Å². The summed E-state index contributed by atoms with van der Waals surface area (Å²) in [5, 5.41) is 0. The second kappa shape index (κ2) is 8.86. The molecule has 4 rings (SSSR count). The van der Waals surface area contributed by atoms with E-state index in [0.29, 0.717) is 43.8 Å². The van der Waals surface area contributed by atoms with Gasteiger partial charge >= 0.3 is 0 Å². The van der Waals surface area contributed by atoms with Gasteiger partial charge in [0.2, 0.25) is 17.7 Å². The summed E-state index contributed by atoms with van der Waals surface area (Å²) in [6, 6.07) is 13.3. The molecule has 0 N–H and O–H groups in total. The molecule has 1 aliphatic heterocycles. The second-order valence-electron chi connectivity index (χ2n) is 6.92. The summed E-state index contributed by atoms with van der Waals surface area (Å²) >= 11 is 0. The smallest absolute Gasteiger partial charge is 0.228 e. The molecule has 2 aromatic carbocycles. The number of ether oxygens (including phenoxy) is 1. The van der Waals surface area contributed by atoms with E-state index in [2.05, 4.69) is 9.97 Å². The maximum atomic E-state index is 13.0. The third-order valence-electron chi connectivity index (χ3n) is 4.84. The first-order valence-corrected chi connectivity index (χ1v) is 9.60. The second-order valence-corrected chi connectivity index (χ2v) is 6.92. The van der Waals surface area contributed by atoms with Gasteiger partial charge in [0.1, 0.15) is 17.4 Å². The van der Waals surface area contributed by atoms with Crippen molar-refractivity contribution in [3.05, 3.63) is 78.0 Å². The Morgan fingerprint density at radius 2 is 1.53 bits per heavy atom. The number of carbonyl (C=O) groups is 1. The van der Waals surface area contributed by atoms with Gasteiger partial charge in [-0.3, -0.25) is 4.79 Å². The van der Waals surface area contributed by atoms with Crippen LogP contribution < -0.4 is 9.64 Å². The molecule has 6 nitrogen and oxygen atoms in total. The molecule has 0 bridgehead atoms. The van der Waals surface area contributed by atoms with E-state index in [1.54, 1.807) is 29.3 Å². The molecule has 0 unspecified atom stereocenters. The minimum atomic E-state index is -0.336. The summed E-state index contributed by atoms with van der Waals surface area (Å²) in [5.74, 6) is 0.720. The lowest BCUT2D eigenvalue weighted by molar-refractivity contribution is -0.130. The highest BCUT2D eigenvalue weighted by Crippen LogP contribution is 2.21. The van der Waals surface area contributed by atoms with Crippen LogP contribution in [0.3, 0.4) is 0 Å². The van der Waals surface area contributed by atoms with Crippen molar-refractivity contribution >= 4 is 11.9 Å². The third kappa shape index (κ3) is 4.89. The molecule has 0 atom stereocenters. The number of piperazine rings is 1. The zero-order chi connectivity index (χ0) is 20.9. The fraction of sp³-hybridized carbons (Fsp3) is 0.227. The predicted octanol–water partition coefficient (Wildman–Crippen LogP) is 3.44. The summed E-state index contributed by atoms with van der Waals surface area (Å²) < 4.78 is 31.7. The van der Waals surface area contributed by atoms with E-state index in [9.17, 15) is 13.6 Å². The van der Waals surface area contributed by atoms with Crippen LogP contribution in [0, 0.1) is 11.6 Å². The first-order chi connectivity index (χ1) is 14.6. The number of hydrogen-bond donors (Lipinski definition) is 0. The lowest BCUT2D eigenvalue weighted by Gasteiger charge is -2.34. The number of carbonyl (C=O) groups excluding carboxylic acids is 1. The average molecular weight is 410 g/mol. The molecule has 8 heteroatoms. The monoisotopic (exact) mass is 410 g/mol. The van der Waals surface area contributed by atoms with Gasteiger partial charge in [-0.15, -0.1) is 0 Å². The minimum absolute atomic E-state index is 0.00979. The van der Waals surface area contributed by atoms with Crippen molar-refractivity contribution in [1.29, 1.82) is 0 Å². The average Bonchev–Trinajstić information content (AvgIpc) is 2.77. The number of hydrogen-bond acceptors (Lipinski definition) is 5. The van der Waals surface area contributed by atoms with Crippen molar-refractivity contribution in [3.63, 3.8) is 0 Å². The van der Waals surface area contributed by atoms with Crippen LogP contribution in [0.5, 0.6) is 11.6 Å². The molecule has 30 heavy (non-hydrogen) atoms. The van der Waals surface area contributed by atoms with Crippen LogP contribution in [-0.4, -0.2) is 47.0 Å². The quantitative estimate of drug-likeness (QED) is 0.645. The largest absolute Gasteiger partial charge is 0.439 e. The molecule has 154 valence electrons. The van der Waals surface area contributed by atoms with Gasteiger partial charge in [-0.1, -0.05) is 12.1 Å². The van der Waals surface area contributed by atoms with Crippen molar-refractivity contribution in [3.8, 4) is 11.6 Å². The summed E-state index contributed by atoms with van der Waals surface area (Å²) in [4.78, 5) is 25.0. The summed E-state index contributed by atoms with van der Waals surface area (Å²) in [6.45, 7) is 2.28. The van der Waals surface area contributed by atoms with Crippen LogP contribution >= 0.6 is 0 Å². The molecule has 1 fully saturated rings. The number of rotatable bonds is 5. The fourth-order valence-corrected chi connectivity index (χ4v) is 3.21. The highest BCUT2D eigenvalue weighted by Gasteiger charge is 2.23. The summed E-state index contributed by atoms with van der Waals surface area (Å²) in [5.41, 5.74) is 0.790. The van der Waals surface area contributed by atoms with Gasteiger partial charge in [-0.05, 0) is 42.0 Å². The van der Waals surface area contributed by atoms with Crippen LogP contribution in [0.25, 0.3) is 0 Å². The maximum Gasteiger partial charge on any atom is 0.228 e. The maximum absolute atomic E-state index is 13.0. The number of benzene rings is 2. The molecular formula is C22H20F2N4O2. The molecule has 0 spiro atoms. The molecule has 1 aromatic heterocycles. The van der Waals surface area contributed by atoms with E-state index in [1.807, 2.05) is 4.90 Å². The Balaban J connectivity index is 1.34. The lowest BCUT2D eigenvalue weighted by atomic mass is 10.1. The van der Waals surface area contributed by atoms with Crippen molar-refractivity contribution in [2.75, 3.05) is 31.1 Å². The van der Waals surface area contributed by atoms with Gasteiger partial charge in [0.25, 0.3) is 0 Å². The number of amides is 1. The molecule has 3 aromatic rings. The van der Waals surface area contributed by atoms with Crippen LogP contribution in [0.4, 0.5) is 14.7 Å². The predicted molar refractivity (Wildman–Crippen MR) is 107 cm³/mol. The van der Waals surface area contributed by atoms with E-state index < -0.39 is 0 Å². The van der Waals surface area contributed by atoms with E-state index in [4.69, 9.17) is 4.74 Å². The molecule has 0 aliphatic carbocycles. The molecule has 0 saturated carbocycles. The van der Waals surface area contributed by atoms with Crippen molar-refractivity contribution in [1.82, 2.24) is 14.9 Å². The van der Waals surface area contributed by atoms with Crippen molar-refractivity contribution in [2.24, 2.45) is 0 Å². The lowest BCUT2D eigenvalue weighted by Crippen LogP contribution is -2.49. The van der Waals surface area contributed by atoms with Crippen LogP contribution in [0.15, 0.2) is 60.8 Å². The first kappa shape index (κ1) is 19.8. The van der Waals surface area contributed by atoms with Gasteiger partial charge < -0.3 is 14.5 Å². The van der Waals surface area contributed by atoms with E-state index in [1.165, 1.54) is 36.4 Å². The molecule has 1 amide bonds. The Morgan fingerprint density at radius 1 is 0.900 bits per heavy atom. The van der Waals surface area contributed by atoms with Crippen LogP contribution in [0.2, 0.25) is 0 Å². The van der Waals surface area contributed by atoms with Crippen LogP contribution in [0.1, 0.15) is 5.56 Å². The van der Waals surface area contributed by atoms with Crippen molar-refractivity contribution < 1.29 is 18.3 Å². The van der Waals surface area contributed by atoms with E-state index >= 15 is 0 Å². The van der Waals surface area contributed by atoms with Gasteiger partial charge in [0.15, 0.2) is 0 Å².